The summed E-state index contributed by atoms with van der Waals surface area (Å²) in [5, 5.41) is -0.866. The summed E-state index contributed by atoms with van der Waals surface area (Å²) in [6, 6.07) is 6.83. The predicted octanol–water partition coefficient (Wildman–Crippen LogP) is 2.57. The molecule has 2 rings (SSSR count). The maximum Gasteiger partial charge on any atom is 0.205 e. The minimum absolute atomic E-state index is 0.292. The topological polar surface area (TPSA) is 55.7 Å². The first-order valence-corrected chi connectivity index (χ1v) is 7.75. The Hall–Kier alpha value is -1.36. The van der Waals surface area contributed by atoms with E-state index >= 15 is 0 Å². The van der Waals surface area contributed by atoms with Crippen LogP contribution in [0.2, 0.25) is 0 Å². The number of ether oxygens (including phenoxy) is 1. The maximum absolute atomic E-state index is 12.6. The van der Waals surface area contributed by atoms with Crippen LogP contribution in [0.25, 0.3) is 0 Å². The van der Waals surface area contributed by atoms with Gasteiger partial charge in [-0.1, -0.05) is 38.5 Å². The van der Waals surface area contributed by atoms with Crippen molar-refractivity contribution in [1.82, 2.24) is 0 Å². The molecule has 0 fully saturated rings. The van der Waals surface area contributed by atoms with Gasteiger partial charge in [0.15, 0.2) is 11.8 Å². The van der Waals surface area contributed by atoms with Gasteiger partial charge in [0.05, 0.1) is 4.90 Å². The molecule has 0 amide bonds. The van der Waals surface area contributed by atoms with Gasteiger partial charge >= 0.3 is 0 Å². The number of rotatable bonds is 2. The Morgan fingerprint density at radius 3 is 2.26 bits per heavy atom. The molecule has 0 aliphatic carbocycles. The van der Waals surface area contributed by atoms with Crippen molar-refractivity contribution in [1.29, 1.82) is 0 Å². The molecule has 0 unspecified atom stereocenters. The smallest absolute Gasteiger partial charge is 0.205 e. The second-order valence-electron chi connectivity index (χ2n) is 5.93. The lowest BCUT2D eigenvalue weighted by atomic mass is 9.89. The molecule has 0 saturated heterocycles. The average Bonchev–Trinajstić information content (AvgIpc) is 2.78. The standard InChI is InChI=1S/C14H19NO3S/c1-10-5-7-11(8-6-10)19(16,17)13-12(14(2,3)4)18-9-15-13/h5-9,12-13H,1-4H3/t12-,13+/m1/s1. The van der Waals surface area contributed by atoms with E-state index in [4.69, 9.17) is 4.74 Å². The molecule has 5 heteroatoms. The predicted molar refractivity (Wildman–Crippen MR) is 75.0 cm³/mol. The van der Waals surface area contributed by atoms with Crippen molar-refractivity contribution < 1.29 is 13.2 Å². The molecule has 0 aromatic heterocycles. The maximum atomic E-state index is 12.6. The fourth-order valence-corrected chi connectivity index (χ4v) is 3.85. The zero-order chi connectivity index (χ0) is 14.3. The molecule has 0 bridgehead atoms. The van der Waals surface area contributed by atoms with E-state index in [1.54, 1.807) is 24.3 Å². The van der Waals surface area contributed by atoms with Crippen LogP contribution < -0.4 is 0 Å². The molecule has 4 nitrogen and oxygen atoms in total. The van der Waals surface area contributed by atoms with Gasteiger partial charge in [-0.15, -0.1) is 0 Å². The minimum Gasteiger partial charge on any atom is -0.476 e. The van der Waals surface area contributed by atoms with Crippen LogP contribution in [0.15, 0.2) is 34.2 Å². The lowest BCUT2D eigenvalue weighted by molar-refractivity contribution is 0.0989. The Morgan fingerprint density at radius 1 is 1.16 bits per heavy atom. The fraction of sp³-hybridized carbons (Fsp3) is 0.500. The van der Waals surface area contributed by atoms with Gasteiger partial charge in [0.2, 0.25) is 9.84 Å². The van der Waals surface area contributed by atoms with E-state index < -0.39 is 21.3 Å². The van der Waals surface area contributed by atoms with Gasteiger partial charge in [0, 0.05) is 5.41 Å². The van der Waals surface area contributed by atoms with Crippen molar-refractivity contribution in [3.05, 3.63) is 29.8 Å². The van der Waals surface area contributed by atoms with Crippen molar-refractivity contribution in [3.8, 4) is 0 Å². The summed E-state index contributed by atoms with van der Waals surface area (Å²) in [5.74, 6) is 0. The molecule has 104 valence electrons. The number of aliphatic imine (C=N–C) groups is 1. The second kappa shape index (κ2) is 4.63. The molecule has 1 aromatic carbocycles. The molecule has 2 atom stereocenters. The first-order valence-electron chi connectivity index (χ1n) is 6.20. The fourth-order valence-electron chi connectivity index (χ4n) is 2.05. The van der Waals surface area contributed by atoms with Crippen LogP contribution in [0.3, 0.4) is 0 Å². The zero-order valence-electron chi connectivity index (χ0n) is 11.6. The van der Waals surface area contributed by atoms with Crippen molar-refractivity contribution >= 4 is 16.2 Å². The van der Waals surface area contributed by atoms with Crippen LogP contribution in [0.1, 0.15) is 26.3 Å². The van der Waals surface area contributed by atoms with Crippen molar-refractivity contribution in [2.45, 2.75) is 44.1 Å². The number of sulfone groups is 1. The highest BCUT2D eigenvalue weighted by molar-refractivity contribution is 7.92. The highest BCUT2D eigenvalue weighted by Crippen LogP contribution is 2.34. The number of hydrogen-bond donors (Lipinski definition) is 0. The number of hydrogen-bond acceptors (Lipinski definition) is 4. The molecule has 1 aromatic rings. The molecule has 1 heterocycles. The highest BCUT2D eigenvalue weighted by Gasteiger charge is 2.44. The van der Waals surface area contributed by atoms with Crippen molar-refractivity contribution in [3.63, 3.8) is 0 Å². The molecule has 0 spiro atoms. The van der Waals surface area contributed by atoms with Crippen LogP contribution in [0, 0.1) is 12.3 Å². The molecule has 1 aliphatic rings. The molecular weight excluding hydrogens is 262 g/mol. The summed E-state index contributed by atoms with van der Waals surface area (Å²) in [4.78, 5) is 4.31. The molecule has 0 N–H and O–H groups in total. The lowest BCUT2D eigenvalue weighted by Crippen LogP contribution is -2.39. The van der Waals surface area contributed by atoms with Gasteiger partial charge in [0.25, 0.3) is 0 Å². The van der Waals surface area contributed by atoms with E-state index in [1.165, 1.54) is 6.40 Å². The van der Waals surface area contributed by atoms with Gasteiger partial charge in [0.1, 0.15) is 6.10 Å². The third kappa shape index (κ3) is 2.66. The van der Waals surface area contributed by atoms with Crippen LogP contribution in [-0.2, 0) is 14.6 Å². The van der Waals surface area contributed by atoms with Gasteiger partial charge < -0.3 is 4.74 Å². The summed E-state index contributed by atoms with van der Waals surface area (Å²) in [6.07, 6.45) is 0.797. The van der Waals surface area contributed by atoms with E-state index in [-0.39, 0.29) is 5.41 Å². The molecular formula is C14H19NO3S. The second-order valence-corrected chi connectivity index (χ2v) is 7.97. The SMILES string of the molecule is Cc1ccc(S(=O)(=O)[C@@H]2N=CO[C@H]2C(C)(C)C)cc1. The van der Waals surface area contributed by atoms with Gasteiger partial charge in [-0.3, -0.25) is 0 Å². The normalized spacial score (nSPS) is 23.4. The monoisotopic (exact) mass is 281 g/mol. The summed E-state index contributed by atoms with van der Waals surface area (Å²) >= 11 is 0. The van der Waals surface area contributed by atoms with Gasteiger partial charge in [-0.25, -0.2) is 13.4 Å². The number of aryl methyl sites for hydroxylation is 1. The Bertz CT molecular complexity index is 582. The Balaban J connectivity index is 2.39. The third-order valence-corrected chi connectivity index (χ3v) is 5.13. The largest absolute Gasteiger partial charge is 0.476 e. The Labute approximate surface area is 114 Å². The Morgan fingerprint density at radius 2 is 1.74 bits per heavy atom. The summed E-state index contributed by atoms with van der Waals surface area (Å²) < 4.78 is 30.6. The first kappa shape index (κ1) is 14.1. The average molecular weight is 281 g/mol. The van der Waals surface area contributed by atoms with E-state index in [9.17, 15) is 8.42 Å². The molecule has 19 heavy (non-hydrogen) atoms. The Kier molecular flexibility index (Phi) is 3.43. The highest BCUT2D eigenvalue weighted by atomic mass is 32.2. The number of nitrogens with zero attached hydrogens (tertiary/aromatic N) is 1. The minimum atomic E-state index is -3.51. The first-order chi connectivity index (χ1) is 8.73. The van der Waals surface area contributed by atoms with Gasteiger partial charge in [-0.05, 0) is 19.1 Å². The van der Waals surface area contributed by atoms with E-state index in [0.717, 1.165) is 5.56 Å². The third-order valence-electron chi connectivity index (χ3n) is 3.20. The quantitative estimate of drug-likeness (QED) is 0.837. The van der Waals surface area contributed by atoms with E-state index in [0.29, 0.717) is 4.90 Å². The zero-order valence-corrected chi connectivity index (χ0v) is 12.4. The molecule has 0 saturated carbocycles. The molecule has 1 aliphatic heterocycles. The summed E-state index contributed by atoms with van der Waals surface area (Å²) in [7, 11) is -3.51. The summed E-state index contributed by atoms with van der Waals surface area (Å²) in [6.45, 7) is 7.77. The molecule has 0 radical (unpaired) electrons. The van der Waals surface area contributed by atoms with Crippen molar-refractivity contribution in [2.24, 2.45) is 10.4 Å². The van der Waals surface area contributed by atoms with Crippen LogP contribution in [0.5, 0.6) is 0 Å². The summed E-state index contributed by atoms with van der Waals surface area (Å²) in [5.41, 5.74) is 0.733. The van der Waals surface area contributed by atoms with E-state index in [1.807, 2.05) is 27.7 Å². The van der Waals surface area contributed by atoms with Crippen LogP contribution in [-0.4, -0.2) is 26.3 Å². The number of benzene rings is 1. The van der Waals surface area contributed by atoms with Crippen LogP contribution >= 0.6 is 0 Å². The lowest BCUT2D eigenvalue weighted by Gasteiger charge is -2.29. The van der Waals surface area contributed by atoms with E-state index in [2.05, 4.69) is 4.99 Å². The van der Waals surface area contributed by atoms with Crippen LogP contribution in [0.4, 0.5) is 0 Å². The van der Waals surface area contributed by atoms with Gasteiger partial charge in [-0.2, -0.15) is 0 Å². The van der Waals surface area contributed by atoms with Crippen molar-refractivity contribution in [2.75, 3.05) is 0 Å².